The van der Waals surface area contributed by atoms with Crippen molar-refractivity contribution >= 4 is 28.7 Å². The molecule has 31 heavy (non-hydrogen) atoms. The number of aromatic nitrogens is 2. The largest absolute Gasteiger partial charge is 0.451 e. The lowest BCUT2D eigenvalue weighted by Gasteiger charge is -2.04. The average molecular weight is 430 g/mol. The second-order valence-electron chi connectivity index (χ2n) is 6.89. The maximum Gasteiger partial charge on any atom is 0.287 e. The van der Waals surface area contributed by atoms with Crippen LogP contribution in [-0.4, -0.2) is 15.9 Å². The summed E-state index contributed by atoms with van der Waals surface area (Å²) >= 11 is 5.91. The first-order valence-electron chi connectivity index (χ1n) is 9.60. The van der Waals surface area contributed by atoms with Crippen molar-refractivity contribution in [2.45, 2.75) is 6.54 Å². The summed E-state index contributed by atoms with van der Waals surface area (Å²) in [7, 11) is 0. The van der Waals surface area contributed by atoms with Gasteiger partial charge in [0.1, 0.15) is 5.76 Å². The highest BCUT2D eigenvalue weighted by Crippen LogP contribution is 2.25. The molecule has 7 heteroatoms. The highest BCUT2D eigenvalue weighted by atomic mass is 35.5. The zero-order valence-electron chi connectivity index (χ0n) is 16.2. The van der Waals surface area contributed by atoms with E-state index < -0.39 is 0 Å². The molecule has 5 rings (SSSR count). The highest BCUT2D eigenvalue weighted by molar-refractivity contribution is 6.30. The number of carbonyl (C=O) groups excluding carboxylic acids is 1. The smallest absolute Gasteiger partial charge is 0.287 e. The summed E-state index contributed by atoms with van der Waals surface area (Å²) in [6, 6.07) is 21.9. The normalized spacial score (nSPS) is 11.0. The molecule has 1 N–H and O–H groups in total. The Morgan fingerprint density at radius 2 is 1.68 bits per heavy atom. The Morgan fingerprint density at radius 1 is 0.903 bits per heavy atom. The molecule has 0 fully saturated rings. The van der Waals surface area contributed by atoms with E-state index in [1.807, 2.05) is 42.5 Å². The summed E-state index contributed by atoms with van der Waals surface area (Å²) in [5.41, 5.74) is 3.85. The molecule has 1 amide bonds. The number of benzene rings is 2. The lowest BCUT2D eigenvalue weighted by atomic mass is 10.1. The number of furan rings is 1. The van der Waals surface area contributed by atoms with Gasteiger partial charge in [-0.1, -0.05) is 23.7 Å². The molecule has 0 radical (unpaired) electrons. The Labute approximate surface area is 182 Å². The van der Waals surface area contributed by atoms with Gasteiger partial charge in [0.2, 0.25) is 5.89 Å². The molecule has 0 aliphatic heterocycles. The van der Waals surface area contributed by atoms with Gasteiger partial charge in [0.25, 0.3) is 5.91 Å². The van der Waals surface area contributed by atoms with Crippen molar-refractivity contribution < 1.29 is 13.6 Å². The molecule has 5 aromatic rings. The van der Waals surface area contributed by atoms with Crippen LogP contribution < -0.4 is 5.32 Å². The summed E-state index contributed by atoms with van der Waals surface area (Å²) in [4.78, 5) is 21.0. The third-order valence-corrected chi connectivity index (χ3v) is 5.03. The van der Waals surface area contributed by atoms with Crippen LogP contribution in [0.15, 0.2) is 87.8 Å². The number of fused-ring (bicyclic) bond motifs is 1. The van der Waals surface area contributed by atoms with Crippen LogP contribution in [0.3, 0.4) is 0 Å². The Bertz CT molecular complexity index is 1320. The Morgan fingerprint density at radius 3 is 2.45 bits per heavy atom. The summed E-state index contributed by atoms with van der Waals surface area (Å²) in [5, 5.41) is 3.51. The van der Waals surface area contributed by atoms with Gasteiger partial charge in [-0.3, -0.25) is 4.79 Å². The van der Waals surface area contributed by atoms with Gasteiger partial charge in [-0.05, 0) is 66.2 Å². The highest BCUT2D eigenvalue weighted by Gasteiger charge is 2.13. The second-order valence-corrected chi connectivity index (χ2v) is 7.33. The molecule has 0 bridgehead atoms. The average Bonchev–Trinajstić information content (AvgIpc) is 3.46. The minimum Gasteiger partial charge on any atom is -0.451 e. The molecule has 0 atom stereocenters. The molecule has 6 nitrogen and oxygen atoms in total. The van der Waals surface area contributed by atoms with Crippen molar-refractivity contribution in [3.63, 3.8) is 0 Å². The zero-order valence-corrected chi connectivity index (χ0v) is 17.0. The fourth-order valence-electron chi connectivity index (χ4n) is 3.16. The van der Waals surface area contributed by atoms with E-state index in [0.29, 0.717) is 34.4 Å². The fraction of sp³-hybridized carbons (Fsp3) is 0.0417. The van der Waals surface area contributed by atoms with Crippen LogP contribution in [0, 0.1) is 0 Å². The molecule has 3 aromatic heterocycles. The fourth-order valence-corrected chi connectivity index (χ4v) is 3.28. The number of nitrogens with one attached hydrogen (secondary N) is 1. The number of rotatable bonds is 5. The van der Waals surface area contributed by atoms with Gasteiger partial charge in [-0.2, -0.15) is 4.98 Å². The maximum atomic E-state index is 12.4. The summed E-state index contributed by atoms with van der Waals surface area (Å²) in [6.45, 7) is 0.366. The van der Waals surface area contributed by atoms with Crippen LogP contribution in [0.5, 0.6) is 0 Å². The van der Waals surface area contributed by atoms with Gasteiger partial charge in [0.05, 0.1) is 0 Å². The number of hydrogen-bond acceptors (Lipinski definition) is 5. The van der Waals surface area contributed by atoms with Gasteiger partial charge in [-0.25, -0.2) is 4.98 Å². The molecular weight excluding hydrogens is 414 g/mol. The lowest BCUT2D eigenvalue weighted by molar-refractivity contribution is 0.0924. The van der Waals surface area contributed by atoms with E-state index >= 15 is 0 Å². The van der Waals surface area contributed by atoms with Crippen LogP contribution in [0.2, 0.25) is 5.02 Å². The number of halogens is 1. The quantitative estimate of drug-likeness (QED) is 0.385. The third-order valence-electron chi connectivity index (χ3n) is 4.78. The van der Waals surface area contributed by atoms with Gasteiger partial charge in [0.15, 0.2) is 17.0 Å². The number of amides is 1. The van der Waals surface area contributed by atoms with Crippen molar-refractivity contribution in [3.05, 3.63) is 95.3 Å². The van der Waals surface area contributed by atoms with E-state index in [0.717, 1.165) is 16.7 Å². The van der Waals surface area contributed by atoms with E-state index in [2.05, 4.69) is 15.3 Å². The van der Waals surface area contributed by atoms with E-state index in [1.54, 1.807) is 36.5 Å². The molecule has 2 aromatic carbocycles. The van der Waals surface area contributed by atoms with Gasteiger partial charge in [0, 0.05) is 28.9 Å². The standard InChI is InChI=1S/C24H16ClN3O3/c25-18-9-7-16(8-10-18)19-11-12-21(30-19)23(29)27-14-15-3-5-17(6-4-15)24-28-22-20(31-24)2-1-13-26-22/h1-13H,14H2,(H,27,29). The second kappa shape index (κ2) is 8.08. The molecule has 0 saturated carbocycles. The topological polar surface area (TPSA) is 81.2 Å². The number of hydrogen-bond donors (Lipinski definition) is 1. The molecule has 0 aliphatic carbocycles. The van der Waals surface area contributed by atoms with Gasteiger partial charge < -0.3 is 14.2 Å². The molecule has 0 spiro atoms. The lowest BCUT2D eigenvalue weighted by Crippen LogP contribution is -2.22. The number of oxazole rings is 1. The predicted octanol–water partition coefficient (Wildman–Crippen LogP) is 5.73. The molecule has 3 heterocycles. The van der Waals surface area contributed by atoms with Crippen molar-refractivity contribution in [1.29, 1.82) is 0 Å². The van der Waals surface area contributed by atoms with Crippen molar-refractivity contribution in [2.24, 2.45) is 0 Å². The Kier molecular flexibility index (Phi) is 4.98. The summed E-state index contributed by atoms with van der Waals surface area (Å²) in [5.74, 6) is 1.09. The first-order chi connectivity index (χ1) is 15.2. The van der Waals surface area contributed by atoms with Crippen molar-refractivity contribution in [3.8, 4) is 22.8 Å². The molecular formula is C24H16ClN3O3. The van der Waals surface area contributed by atoms with Gasteiger partial charge in [-0.15, -0.1) is 0 Å². The molecule has 0 unspecified atom stereocenters. The predicted molar refractivity (Wildman–Crippen MR) is 118 cm³/mol. The summed E-state index contributed by atoms with van der Waals surface area (Å²) in [6.07, 6.45) is 1.68. The zero-order chi connectivity index (χ0) is 21.2. The maximum absolute atomic E-state index is 12.4. The first-order valence-corrected chi connectivity index (χ1v) is 9.98. The Hall–Kier alpha value is -3.90. The van der Waals surface area contributed by atoms with Crippen LogP contribution >= 0.6 is 11.6 Å². The SMILES string of the molecule is O=C(NCc1ccc(-c2nc3ncccc3o2)cc1)c1ccc(-c2ccc(Cl)cc2)o1. The first kappa shape index (κ1) is 19.1. The number of nitrogens with zero attached hydrogens (tertiary/aromatic N) is 2. The van der Waals surface area contributed by atoms with Gasteiger partial charge >= 0.3 is 0 Å². The van der Waals surface area contributed by atoms with E-state index in [-0.39, 0.29) is 11.7 Å². The molecule has 152 valence electrons. The Balaban J connectivity index is 1.24. The van der Waals surface area contributed by atoms with E-state index in [9.17, 15) is 4.79 Å². The van der Waals surface area contributed by atoms with Crippen LogP contribution in [0.4, 0.5) is 0 Å². The monoisotopic (exact) mass is 429 g/mol. The van der Waals surface area contributed by atoms with Crippen LogP contribution in [0.1, 0.15) is 16.1 Å². The molecule has 0 aliphatic rings. The molecule has 0 saturated heterocycles. The van der Waals surface area contributed by atoms with Crippen LogP contribution in [-0.2, 0) is 6.54 Å². The van der Waals surface area contributed by atoms with Crippen molar-refractivity contribution in [1.82, 2.24) is 15.3 Å². The summed E-state index contributed by atoms with van der Waals surface area (Å²) < 4.78 is 11.4. The van der Waals surface area contributed by atoms with Crippen LogP contribution in [0.25, 0.3) is 34.0 Å². The van der Waals surface area contributed by atoms with E-state index in [4.69, 9.17) is 20.4 Å². The number of carbonyl (C=O) groups is 1. The third kappa shape index (κ3) is 4.06. The number of pyridine rings is 1. The minimum absolute atomic E-state index is 0.251. The van der Waals surface area contributed by atoms with Crippen molar-refractivity contribution in [2.75, 3.05) is 0 Å². The van der Waals surface area contributed by atoms with E-state index in [1.165, 1.54) is 0 Å². The minimum atomic E-state index is -0.283.